The Morgan fingerprint density at radius 3 is 2.66 bits per heavy atom. The Bertz CT molecular complexity index is 1130. The summed E-state index contributed by atoms with van der Waals surface area (Å²) in [5, 5.41) is 13.0. The number of hydrogen-bond donors (Lipinski definition) is 0. The molecule has 0 fully saturated rings. The summed E-state index contributed by atoms with van der Waals surface area (Å²) in [7, 11) is 3.15. The van der Waals surface area contributed by atoms with Crippen LogP contribution >= 0.6 is 23.4 Å². The summed E-state index contributed by atoms with van der Waals surface area (Å²) in [6.07, 6.45) is 0. The lowest BCUT2D eigenvalue weighted by Gasteiger charge is -2.07. The summed E-state index contributed by atoms with van der Waals surface area (Å²) in [6.45, 7) is 0. The van der Waals surface area contributed by atoms with Crippen molar-refractivity contribution in [2.45, 2.75) is 11.0 Å². The average Bonchev–Trinajstić information content (AvgIpc) is 3.41. The number of hydrogen-bond acceptors (Lipinski definition) is 9. The van der Waals surface area contributed by atoms with Crippen LogP contribution in [0.2, 0.25) is 5.02 Å². The normalized spacial score (nSPS) is 10.9. The fourth-order valence-corrected chi connectivity index (χ4v) is 3.36. The van der Waals surface area contributed by atoms with Crippen molar-refractivity contribution in [3.05, 3.63) is 53.3 Å². The van der Waals surface area contributed by atoms with Gasteiger partial charge in [-0.3, -0.25) is 0 Å². The summed E-state index contributed by atoms with van der Waals surface area (Å²) in [6, 6.07) is 12.6. The van der Waals surface area contributed by atoms with Crippen molar-refractivity contribution < 1.29 is 18.4 Å². The number of halogens is 1. The molecule has 148 valence electrons. The van der Waals surface area contributed by atoms with Crippen LogP contribution in [-0.4, -0.2) is 34.6 Å². The Kier molecular flexibility index (Phi) is 5.68. The average molecular weight is 431 g/mol. The second kappa shape index (κ2) is 8.54. The predicted molar refractivity (Wildman–Crippen MR) is 107 cm³/mol. The molecule has 29 heavy (non-hydrogen) atoms. The van der Waals surface area contributed by atoms with Gasteiger partial charge in [-0.15, -0.1) is 10.2 Å². The van der Waals surface area contributed by atoms with Crippen LogP contribution in [0.1, 0.15) is 5.82 Å². The first-order valence-electron chi connectivity index (χ1n) is 8.44. The Labute approximate surface area is 175 Å². The molecule has 4 aromatic rings. The molecule has 0 bridgehead atoms. The molecule has 2 aromatic heterocycles. The molecular weight excluding hydrogens is 416 g/mol. The van der Waals surface area contributed by atoms with Crippen molar-refractivity contribution in [2.75, 3.05) is 14.2 Å². The molecule has 2 aromatic carbocycles. The molecule has 0 radical (unpaired) electrons. The number of ether oxygens (including phenoxy) is 2. The smallest absolute Gasteiger partial charge is 0.277 e. The van der Waals surface area contributed by atoms with E-state index < -0.39 is 0 Å². The van der Waals surface area contributed by atoms with E-state index in [9.17, 15) is 0 Å². The SMILES string of the molecule is COc1ccc(-c2nnc(SCc3noc(-c4ccccc4Cl)n3)o2)c(OC)c1. The molecule has 0 aliphatic carbocycles. The van der Waals surface area contributed by atoms with Crippen molar-refractivity contribution in [2.24, 2.45) is 0 Å². The largest absolute Gasteiger partial charge is 0.497 e. The molecule has 0 amide bonds. The van der Waals surface area contributed by atoms with Gasteiger partial charge in [0.05, 0.1) is 36.1 Å². The van der Waals surface area contributed by atoms with Gasteiger partial charge in [-0.2, -0.15) is 4.98 Å². The highest BCUT2D eigenvalue weighted by atomic mass is 35.5. The van der Waals surface area contributed by atoms with Crippen LogP contribution in [0.25, 0.3) is 22.9 Å². The number of benzene rings is 2. The number of thioether (sulfide) groups is 1. The van der Waals surface area contributed by atoms with Crippen LogP contribution in [0.15, 0.2) is 56.6 Å². The molecule has 2 heterocycles. The Balaban J connectivity index is 1.46. The monoisotopic (exact) mass is 430 g/mol. The lowest BCUT2D eigenvalue weighted by molar-refractivity contribution is 0.393. The minimum Gasteiger partial charge on any atom is -0.497 e. The van der Waals surface area contributed by atoms with E-state index in [2.05, 4.69) is 20.3 Å². The zero-order valence-electron chi connectivity index (χ0n) is 15.5. The van der Waals surface area contributed by atoms with Gasteiger partial charge in [-0.1, -0.05) is 40.7 Å². The van der Waals surface area contributed by atoms with Crippen LogP contribution in [0.5, 0.6) is 11.5 Å². The van der Waals surface area contributed by atoms with Crippen LogP contribution in [0.3, 0.4) is 0 Å². The first-order chi connectivity index (χ1) is 14.2. The topological polar surface area (TPSA) is 96.3 Å². The fraction of sp³-hybridized carbons (Fsp3) is 0.158. The molecule has 0 aliphatic rings. The second-order valence-electron chi connectivity index (χ2n) is 5.72. The van der Waals surface area contributed by atoms with E-state index in [4.69, 9.17) is 30.0 Å². The van der Waals surface area contributed by atoms with Gasteiger partial charge in [0.2, 0.25) is 0 Å². The first kappa shape index (κ1) is 19.3. The van der Waals surface area contributed by atoms with Gasteiger partial charge in [0.15, 0.2) is 5.82 Å². The molecule has 0 atom stereocenters. The quantitative estimate of drug-likeness (QED) is 0.384. The van der Waals surface area contributed by atoms with E-state index in [1.165, 1.54) is 11.8 Å². The van der Waals surface area contributed by atoms with Gasteiger partial charge in [0.25, 0.3) is 17.0 Å². The van der Waals surface area contributed by atoms with E-state index in [1.807, 2.05) is 18.2 Å². The molecule has 0 unspecified atom stereocenters. The molecule has 0 spiro atoms. The van der Waals surface area contributed by atoms with Gasteiger partial charge in [-0.25, -0.2) is 0 Å². The Morgan fingerprint density at radius 2 is 1.86 bits per heavy atom. The van der Waals surface area contributed by atoms with Crippen LogP contribution < -0.4 is 9.47 Å². The van der Waals surface area contributed by atoms with Gasteiger partial charge in [0, 0.05) is 6.07 Å². The number of aromatic nitrogens is 4. The Hall–Kier alpha value is -3.04. The maximum absolute atomic E-state index is 6.16. The predicted octanol–water partition coefficient (Wildman–Crippen LogP) is 4.75. The molecule has 0 N–H and O–H groups in total. The van der Waals surface area contributed by atoms with Crippen LogP contribution in [0, 0.1) is 0 Å². The van der Waals surface area contributed by atoms with Crippen molar-refractivity contribution in [1.29, 1.82) is 0 Å². The fourth-order valence-electron chi connectivity index (χ4n) is 2.54. The summed E-state index contributed by atoms with van der Waals surface area (Å²) >= 11 is 7.46. The third-order valence-electron chi connectivity index (χ3n) is 3.94. The van der Waals surface area contributed by atoms with E-state index >= 15 is 0 Å². The first-order valence-corrected chi connectivity index (χ1v) is 9.80. The molecule has 0 aliphatic heterocycles. The number of methoxy groups -OCH3 is 2. The summed E-state index contributed by atoms with van der Waals surface area (Å²) in [5.74, 6) is 2.84. The highest BCUT2D eigenvalue weighted by molar-refractivity contribution is 7.98. The summed E-state index contributed by atoms with van der Waals surface area (Å²) < 4.78 is 21.6. The van der Waals surface area contributed by atoms with Gasteiger partial charge in [-0.05, 0) is 24.3 Å². The molecule has 10 heteroatoms. The van der Waals surface area contributed by atoms with Crippen LogP contribution in [0.4, 0.5) is 0 Å². The van der Waals surface area contributed by atoms with Crippen molar-refractivity contribution in [3.8, 4) is 34.4 Å². The summed E-state index contributed by atoms with van der Waals surface area (Å²) in [5.41, 5.74) is 1.36. The van der Waals surface area contributed by atoms with Crippen molar-refractivity contribution >= 4 is 23.4 Å². The number of nitrogens with zero attached hydrogens (tertiary/aromatic N) is 4. The zero-order chi connectivity index (χ0) is 20.2. The van der Waals surface area contributed by atoms with E-state index in [0.717, 1.165) is 0 Å². The standard InChI is InChI=1S/C19H15ClN4O4S/c1-25-11-7-8-13(15(9-11)26-2)18-22-23-19(27-18)29-10-16-21-17(28-24-16)12-5-3-4-6-14(12)20/h3-9H,10H2,1-2H3. The van der Waals surface area contributed by atoms with E-state index in [0.29, 0.717) is 56.2 Å². The maximum Gasteiger partial charge on any atom is 0.277 e. The highest BCUT2D eigenvalue weighted by Gasteiger charge is 2.16. The zero-order valence-corrected chi connectivity index (χ0v) is 17.0. The molecule has 0 saturated carbocycles. The molecule has 4 rings (SSSR count). The molecule has 8 nitrogen and oxygen atoms in total. The third kappa shape index (κ3) is 4.20. The van der Waals surface area contributed by atoms with Crippen molar-refractivity contribution in [3.63, 3.8) is 0 Å². The summed E-state index contributed by atoms with van der Waals surface area (Å²) in [4.78, 5) is 4.36. The molecule has 0 saturated heterocycles. The van der Waals surface area contributed by atoms with E-state index in [1.54, 1.807) is 38.5 Å². The lowest BCUT2D eigenvalue weighted by Crippen LogP contribution is -1.90. The highest BCUT2D eigenvalue weighted by Crippen LogP contribution is 2.34. The van der Waals surface area contributed by atoms with E-state index in [-0.39, 0.29) is 0 Å². The van der Waals surface area contributed by atoms with Crippen LogP contribution in [-0.2, 0) is 5.75 Å². The third-order valence-corrected chi connectivity index (χ3v) is 5.09. The maximum atomic E-state index is 6.16. The molecular formula is C19H15ClN4O4S. The number of rotatable bonds is 7. The van der Waals surface area contributed by atoms with Gasteiger partial charge in [0.1, 0.15) is 11.5 Å². The lowest BCUT2D eigenvalue weighted by atomic mass is 10.2. The van der Waals surface area contributed by atoms with Crippen molar-refractivity contribution in [1.82, 2.24) is 20.3 Å². The Morgan fingerprint density at radius 1 is 1.00 bits per heavy atom. The minimum atomic E-state index is 0.344. The van der Waals surface area contributed by atoms with Gasteiger partial charge >= 0.3 is 0 Å². The van der Waals surface area contributed by atoms with Gasteiger partial charge < -0.3 is 18.4 Å². The minimum absolute atomic E-state index is 0.344. The second-order valence-corrected chi connectivity index (χ2v) is 7.06.